The SMILES string of the molecule is CCCNC(CCC(F)(F)F)c1cc2cc(F)ccc2o1. The fraction of sp³-hybridized carbons (Fsp3) is 0.467. The molecule has 0 saturated carbocycles. The second kappa shape index (κ2) is 6.47. The Bertz CT molecular complexity index is 591. The molecule has 2 rings (SSSR count). The summed E-state index contributed by atoms with van der Waals surface area (Å²) >= 11 is 0. The van der Waals surface area contributed by atoms with Gasteiger partial charge in [-0.25, -0.2) is 4.39 Å². The molecule has 1 heterocycles. The predicted molar refractivity (Wildman–Crippen MR) is 72.5 cm³/mol. The molecule has 0 aliphatic rings. The molecule has 0 fully saturated rings. The number of furan rings is 1. The van der Waals surface area contributed by atoms with E-state index in [1.54, 1.807) is 6.07 Å². The zero-order chi connectivity index (χ0) is 15.5. The summed E-state index contributed by atoms with van der Waals surface area (Å²) in [4.78, 5) is 0. The molecule has 0 amide bonds. The maximum Gasteiger partial charge on any atom is 0.389 e. The van der Waals surface area contributed by atoms with Gasteiger partial charge in [-0.2, -0.15) is 13.2 Å². The Kier molecular flexibility index (Phi) is 4.88. The maximum atomic E-state index is 13.1. The summed E-state index contributed by atoms with van der Waals surface area (Å²) in [5, 5.41) is 3.60. The number of nitrogens with one attached hydrogen (secondary N) is 1. The summed E-state index contributed by atoms with van der Waals surface area (Å²) in [6, 6.07) is 5.13. The number of halogens is 4. The molecule has 2 nitrogen and oxygen atoms in total. The molecule has 0 aliphatic heterocycles. The monoisotopic (exact) mass is 303 g/mol. The van der Waals surface area contributed by atoms with Crippen molar-refractivity contribution in [2.24, 2.45) is 0 Å². The molecule has 1 unspecified atom stereocenters. The van der Waals surface area contributed by atoms with Crippen LogP contribution in [0.1, 0.15) is 38.0 Å². The van der Waals surface area contributed by atoms with E-state index in [-0.39, 0.29) is 6.42 Å². The van der Waals surface area contributed by atoms with Gasteiger partial charge in [0.05, 0.1) is 6.04 Å². The lowest BCUT2D eigenvalue weighted by Crippen LogP contribution is -2.23. The summed E-state index contributed by atoms with van der Waals surface area (Å²) in [6.07, 6.45) is -4.40. The molecule has 0 saturated heterocycles. The molecular formula is C15H17F4NO. The molecule has 1 atom stereocenters. The normalized spacial score (nSPS) is 13.8. The van der Waals surface area contributed by atoms with Crippen molar-refractivity contribution in [1.82, 2.24) is 5.32 Å². The Labute approximate surface area is 120 Å². The Morgan fingerprint density at radius 1 is 1.24 bits per heavy atom. The first-order chi connectivity index (χ1) is 9.89. The average molecular weight is 303 g/mol. The van der Waals surface area contributed by atoms with Crippen molar-refractivity contribution in [3.8, 4) is 0 Å². The van der Waals surface area contributed by atoms with Crippen molar-refractivity contribution in [3.05, 3.63) is 35.8 Å². The lowest BCUT2D eigenvalue weighted by atomic mass is 10.1. The van der Waals surface area contributed by atoms with Gasteiger partial charge in [0.25, 0.3) is 0 Å². The van der Waals surface area contributed by atoms with Gasteiger partial charge in [0.15, 0.2) is 0 Å². The number of rotatable bonds is 6. The third-order valence-electron chi connectivity index (χ3n) is 3.20. The number of hydrogen-bond acceptors (Lipinski definition) is 2. The summed E-state index contributed by atoms with van der Waals surface area (Å²) in [5.41, 5.74) is 0.474. The fourth-order valence-electron chi connectivity index (χ4n) is 2.18. The van der Waals surface area contributed by atoms with Crippen LogP contribution in [0, 0.1) is 5.82 Å². The molecule has 1 aromatic heterocycles. The fourth-order valence-corrected chi connectivity index (χ4v) is 2.18. The van der Waals surface area contributed by atoms with Gasteiger partial charge in [0.2, 0.25) is 0 Å². The second-order valence-corrected chi connectivity index (χ2v) is 4.99. The average Bonchev–Trinajstić information content (AvgIpc) is 2.80. The quantitative estimate of drug-likeness (QED) is 0.763. The van der Waals surface area contributed by atoms with E-state index in [0.717, 1.165) is 6.42 Å². The summed E-state index contributed by atoms with van der Waals surface area (Å²) < 4.78 is 55.9. The third kappa shape index (κ3) is 4.46. The first-order valence-corrected chi connectivity index (χ1v) is 6.88. The van der Waals surface area contributed by atoms with Crippen LogP contribution < -0.4 is 5.32 Å². The standard InChI is InChI=1S/C15H17F4NO/c1-2-7-20-12(5-6-15(17,18)19)14-9-10-8-11(16)3-4-13(10)21-14/h3-4,8-9,12,20H,2,5-7H2,1H3. The molecular weight excluding hydrogens is 286 g/mol. The second-order valence-electron chi connectivity index (χ2n) is 4.99. The van der Waals surface area contributed by atoms with Crippen LogP contribution in [0.4, 0.5) is 17.6 Å². The van der Waals surface area contributed by atoms with Crippen LogP contribution in [0.2, 0.25) is 0 Å². The molecule has 0 radical (unpaired) electrons. The summed E-state index contributed by atoms with van der Waals surface area (Å²) in [7, 11) is 0. The molecule has 0 spiro atoms. The number of fused-ring (bicyclic) bond motifs is 1. The minimum atomic E-state index is -4.20. The van der Waals surface area contributed by atoms with Gasteiger partial charge in [-0.3, -0.25) is 0 Å². The third-order valence-corrected chi connectivity index (χ3v) is 3.20. The highest BCUT2D eigenvalue weighted by atomic mass is 19.4. The van der Waals surface area contributed by atoms with Gasteiger partial charge in [0.1, 0.15) is 17.2 Å². The summed E-state index contributed by atoms with van der Waals surface area (Å²) in [6.45, 7) is 2.52. The summed E-state index contributed by atoms with van der Waals surface area (Å²) in [5.74, 6) is 0.0107. The van der Waals surface area contributed by atoms with Crippen molar-refractivity contribution in [1.29, 1.82) is 0 Å². The zero-order valence-electron chi connectivity index (χ0n) is 11.6. The van der Waals surface area contributed by atoms with Crippen molar-refractivity contribution in [3.63, 3.8) is 0 Å². The number of hydrogen-bond donors (Lipinski definition) is 1. The minimum absolute atomic E-state index is 0.105. The Morgan fingerprint density at radius 2 is 2.00 bits per heavy atom. The first kappa shape index (κ1) is 15.8. The van der Waals surface area contributed by atoms with E-state index in [4.69, 9.17) is 4.42 Å². The van der Waals surface area contributed by atoms with Crippen LogP contribution in [0.25, 0.3) is 11.0 Å². The van der Waals surface area contributed by atoms with E-state index in [1.807, 2.05) is 6.92 Å². The lowest BCUT2D eigenvalue weighted by Gasteiger charge is -2.17. The van der Waals surface area contributed by atoms with Gasteiger partial charge >= 0.3 is 6.18 Å². The van der Waals surface area contributed by atoms with Gasteiger partial charge in [-0.05, 0) is 43.7 Å². The Hall–Kier alpha value is -1.56. The van der Waals surface area contributed by atoms with E-state index < -0.39 is 24.5 Å². The minimum Gasteiger partial charge on any atom is -0.459 e. The molecule has 2 aromatic rings. The van der Waals surface area contributed by atoms with Crippen molar-refractivity contribution < 1.29 is 22.0 Å². The van der Waals surface area contributed by atoms with E-state index >= 15 is 0 Å². The molecule has 0 bridgehead atoms. The molecule has 21 heavy (non-hydrogen) atoms. The van der Waals surface area contributed by atoms with Crippen LogP contribution in [0.15, 0.2) is 28.7 Å². The predicted octanol–water partition coefficient (Wildman–Crippen LogP) is 4.96. The van der Waals surface area contributed by atoms with Gasteiger partial charge in [-0.1, -0.05) is 6.92 Å². The first-order valence-electron chi connectivity index (χ1n) is 6.88. The van der Waals surface area contributed by atoms with Gasteiger partial charge in [0, 0.05) is 11.8 Å². The zero-order valence-corrected chi connectivity index (χ0v) is 11.6. The van der Waals surface area contributed by atoms with Crippen LogP contribution in [-0.2, 0) is 0 Å². The van der Waals surface area contributed by atoms with Crippen molar-refractivity contribution in [2.45, 2.75) is 38.4 Å². The molecule has 1 aromatic carbocycles. The number of alkyl halides is 3. The smallest absolute Gasteiger partial charge is 0.389 e. The Balaban J connectivity index is 2.20. The highest BCUT2D eigenvalue weighted by Gasteiger charge is 2.29. The van der Waals surface area contributed by atoms with Crippen LogP contribution in [0.3, 0.4) is 0 Å². The van der Waals surface area contributed by atoms with E-state index in [1.165, 1.54) is 18.2 Å². The van der Waals surface area contributed by atoms with Crippen molar-refractivity contribution >= 4 is 11.0 Å². The molecule has 0 aliphatic carbocycles. The highest BCUT2D eigenvalue weighted by molar-refractivity contribution is 5.78. The number of benzene rings is 1. The maximum absolute atomic E-state index is 13.1. The Morgan fingerprint density at radius 3 is 2.67 bits per heavy atom. The van der Waals surface area contributed by atoms with Crippen molar-refractivity contribution in [2.75, 3.05) is 6.54 Å². The highest BCUT2D eigenvalue weighted by Crippen LogP contribution is 2.31. The van der Waals surface area contributed by atoms with Gasteiger partial charge < -0.3 is 9.73 Å². The molecule has 116 valence electrons. The molecule has 1 N–H and O–H groups in total. The lowest BCUT2D eigenvalue weighted by molar-refractivity contribution is -0.136. The van der Waals surface area contributed by atoms with Crippen LogP contribution in [-0.4, -0.2) is 12.7 Å². The van der Waals surface area contributed by atoms with E-state index in [0.29, 0.717) is 23.3 Å². The topological polar surface area (TPSA) is 25.2 Å². The van der Waals surface area contributed by atoms with Crippen LogP contribution in [0.5, 0.6) is 0 Å². The van der Waals surface area contributed by atoms with E-state index in [2.05, 4.69) is 5.32 Å². The van der Waals surface area contributed by atoms with E-state index in [9.17, 15) is 17.6 Å². The largest absolute Gasteiger partial charge is 0.459 e. The van der Waals surface area contributed by atoms with Crippen LogP contribution >= 0.6 is 0 Å². The molecule has 6 heteroatoms. The van der Waals surface area contributed by atoms with Gasteiger partial charge in [-0.15, -0.1) is 0 Å².